The van der Waals surface area contributed by atoms with Gasteiger partial charge in [0.2, 0.25) is 11.8 Å². The van der Waals surface area contributed by atoms with Crippen molar-refractivity contribution in [3.8, 4) is 11.1 Å². The van der Waals surface area contributed by atoms with Gasteiger partial charge in [-0.2, -0.15) is 5.10 Å². The molecule has 0 bridgehead atoms. The number of nitrogens with zero attached hydrogens (tertiary/aromatic N) is 4. The smallest absolute Gasteiger partial charge is 0.225 e. The number of fused-ring (bicyclic) bond motifs is 1. The highest BCUT2D eigenvalue weighted by Gasteiger charge is 2.32. The molecule has 0 aliphatic carbocycles. The Balaban J connectivity index is 1.40. The Morgan fingerprint density at radius 2 is 2.10 bits per heavy atom. The fourth-order valence-electron chi connectivity index (χ4n) is 4.71. The molecule has 2 aromatic rings. The van der Waals surface area contributed by atoms with Crippen LogP contribution in [0.5, 0.6) is 0 Å². The molecule has 166 valence electrons. The zero-order chi connectivity index (χ0) is 22.2. The molecule has 2 aliphatic heterocycles. The normalized spacial score (nSPS) is 19.9. The Labute approximate surface area is 188 Å². The molecule has 4 rings (SSSR count). The van der Waals surface area contributed by atoms with Gasteiger partial charge in [-0.3, -0.25) is 14.3 Å². The highest BCUT2D eigenvalue weighted by atomic mass is 35.5. The topological polar surface area (TPSA) is 80.1 Å². The lowest BCUT2D eigenvalue weighted by Gasteiger charge is -2.32. The summed E-state index contributed by atoms with van der Waals surface area (Å²) in [6, 6.07) is 1.83. The molecule has 31 heavy (non-hydrogen) atoms. The van der Waals surface area contributed by atoms with Crippen molar-refractivity contribution >= 4 is 29.2 Å². The molecule has 8 heteroatoms. The molecule has 7 nitrogen and oxygen atoms in total. The molecule has 2 aromatic heterocycles. The van der Waals surface area contributed by atoms with Crippen molar-refractivity contribution in [3.05, 3.63) is 29.2 Å². The minimum absolute atomic E-state index is 0.0675. The van der Waals surface area contributed by atoms with E-state index in [4.69, 9.17) is 11.6 Å². The van der Waals surface area contributed by atoms with Gasteiger partial charge < -0.3 is 10.2 Å². The van der Waals surface area contributed by atoms with Crippen molar-refractivity contribution in [2.45, 2.75) is 59.4 Å². The second-order valence-corrected chi connectivity index (χ2v) is 10.0. The van der Waals surface area contributed by atoms with Crippen LogP contribution in [0.2, 0.25) is 5.02 Å². The molecule has 0 unspecified atom stereocenters. The van der Waals surface area contributed by atoms with Crippen LogP contribution in [-0.2, 0) is 22.6 Å². The highest BCUT2D eigenvalue weighted by molar-refractivity contribution is 6.33. The van der Waals surface area contributed by atoms with Crippen LogP contribution in [0.1, 0.15) is 52.1 Å². The lowest BCUT2D eigenvalue weighted by molar-refractivity contribution is -0.130. The van der Waals surface area contributed by atoms with E-state index >= 15 is 0 Å². The molecule has 1 saturated heterocycles. The highest BCUT2D eigenvalue weighted by Crippen LogP contribution is 2.39. The standard InChI is InChI=1S/C23H30ClN5O2/c1-15(30)28-8-4-5-16(13-28)6-7-22(31)27-21-9-17(19(24)12-25-21)18-11-26-29-14-23(2,3)10-20(18)29/h9,11-12,16H,4-8,10,13-14H2,1-3H3,(H,25,27,31)/t16-/m0/s1. The number of hydrogen-bond donors (Lipinski definition) is 1. The van der Waals surface area contributed by atoms with E-state index in [0.717, 1.165) is 56.4 Å². The molecule has 1 fully saturated rings. The van der Waals surface area contributed by atoms with E-state index in [0.29, 0.717) is 23.2 Å². The number of rotatable bonds is 5. The Hall–Kier alpha value is -2.41. The molecule has 2 aliphatic rings. The number of likely N-dealkylation sites (tertiary alicyclic amines) is 1. The predicted molar refractivity (Wildman–Crippen MR) is 121 cm³/mol. The van der Waals surface area contributed by atoms with Crippen LogP contribution in [0.15, 0.2) is 18.5 Å². The largest absolute Gasteiger partial charge is 0.343 e. The zero-order valence-electron chi connectivity index (χ0n) is 18.4. The van der Waals surface area contributed by atoms with Gasteiger partial charge in [-0.25, -0.2) is 4.98 Å². The van der Waals surface area contributed by atoms with Crippen LogP contribution >= 0.6 is 11.6 Å². The summed E-state index contributed by atoms with van der Waals surface area (Å²) in [6.45, 7) is 8.52. The first-order valence-corrected chi connectivity index (χ1v) is 11.4. The Morgan fingerprint density at radius 3 is 2.87 bits per heavy atom. The molecule has 0 spiro atoms. The lowest BCUT2D eigenvalue weighted by Crippen LogP contribution is -2.38. The van der Waals surface area contributed by atoms with Gasteiger partial charge in [0.1, 0.15) is 5.82 Å². The zero-order valence-corrected chi connectivity index (χ0v) is 19.2. The number of carbonyl (C=O) groups excluding carboxylic acids is 2. The quantitative estimate of drug-likeness (QED) is 0.752. The van der Waals surface area contributed by atoms with Crippen molar-refractivity contribution < 1.29 is 9.59 Å². The molecule has 0 radical (unpaired) electrons. The van der Waals surface area contributed by atoms with E-state index in [2.05, 4.69) is 29.2 Å². The van der Waals surface area contributed by atoms with E-state index < -0.39 is 0 Å². The third kappa shape index (κ3) is 4.92. The first-order chi connectivity index (χ1) is 14.7. The summed E-state index contributed by atoms with van der Waals surface area (Å²) in [5.41, 5.74) is 3.18. The van der Waals surface area contributed by atoms with Gasteiger partial charge in [-0.05, 0) is 43.1 Å². The summed E-state index contributed by atoms with van der Waals surface area (Å²) < 4.78 is 2.04. The number of piperidine rings is 1. The number of pyridine rings is 1. The fraction of sp³-hybridized carbons (Fsp3) is 0.565. The number of amides is 2. The molecule has 0 aromatic carbocycles. The third-order valence-corrected chi connectivity index (χ3v) is 6.63. The average molecular weight is 444 g/mol. The van der Waals surface area contributed by atoms with Gasteiger partial charge in [0, 0.05) is 56.0 Å². The summed E-state index contributed by atoms with van der Waals surface area (Å²) in [5, 5.41) is 7.98. The predicted octanol–water partition coefficient (Wildman–Crippen LogP) is 4.16. The van der Waals surface area contributed by atoms with Gasteiger partial charge in [0.15, 0.2) is 0 Å². The summed E-state index contributed by atoms with van der Waals surface area (Å²) in [6.07, 6.45) is 7.60. The van der Waals surface area contributed by atoms with Crippen molar-refractivity contribution in [3.63, 3.8) is 0 Å². The Morgan fingerprint density at radius 1 is 1.29 bits per heavy atom. The Bertz CT molecular complexity index is 1000. The van der Waals surface area contributed by atoms with Gasteiger partial charge in [-0.1, -0.05) is 25.4 Å². The Kier molecular flexibility index (Phi) is 6.06. The van der Waals surface area contributed by atoms with Crippen molar-refractivity contribution in [2.24, 2.45) is 11.3 Å². The average Bonchev–Trinajstić information content (AvgIpc) is 3.23. The lowest BCUT2D eigenvalue weighted by atomic mass is 9.89. The van der Waals surface area contributed by atoms with Crippen LogP contribution in [0.4, 0.5) is 5.82 Å². The van der Waals surface area contributed by atoms with Crippen LogP contribution in [0.25, 0.3) is 11.1 Å². The number of nitrogens with one attached hydrogen (secondary N) is 1. The third-order valence-electron chi connectivity index (χ3n) is 6.33. The summed E-state index contributed by atoms with van der Waals surface area (Å²) in [7, 11) is 0. The number of carbonyl (C=O) groups is 2. The molecule has 4 heterocycles. The van der Waals surface area contributed by atoms with E-state index in [1.165, 1.54) is 5.69 Å². The summed E-state index contributed by atoms with van der Waals surface area (Å²) >= 11 is 6.45. The van der Waals surface area contributed by atoms with Crippen LogP contribution in [0, 0.1) is 11.3 Å². The second kappa shape index (κ2) is 8.61. The maximum Gasteiger partial charge on any atom is 0.225 e. The van der Waals surface area contributed by atoms with Crippen LogP contribution < -0.4 is 5.32 Å². The molecule has 0 saturated carbocycles. The van der Waals surface area contributed by atoms with Crippen molar-refractivity contribution in [1.82, 2.24) is 19.7 Å². The maximum absolute atomic E-state index is 12.5. The van der Waals surface area contributed by atoms with Gasteiger partial charge >= 0.3 is 0 Å². The van der Waals surface area contributed by atoms with Gasteiger partial charge in [-0.15, -0.1) is 0 Å². The van der Waals surface area contributed by atoms with Crippen molar-refractivity contribution in [2.75, 3.05) is 18.4 Å². The molecular formula is C23H30ClN5O2. The van der Waals surface area contributed by atoms with Crippen LogP contribution in [-0.4, -0.2) is 44.6 Å². The first kappa shape index (κ1) is 21.8. The van der Waals surface area contributed by atoms with Crippen molar-refractivity contribution in [1.29, 1.82) is 0 Å². The fourth-order valence-corrected chi connectivity index (χ4v) is 4.92. The minimum atomic E-state index is -0.0675. The molecule has 2 amide bonds. The molecule has 1 N–H and O–H groups in total. The molecular weight excluding hydrogens is 414 g/mol. The minimum Gasteiger partial charge on any atom is -0.343 e. The maximum atomic E-state index is 12.5. The summed E-state index contributed by atoms with van der Waals surface area (Å²) in [5.74, 6) is 0.912. The van der Waals surface area contributed by atoms with E-state index in [9.17, 15) is 9.59 Å². The number of hydrogen-bond acceptors (Lipinski definition) is 4. The number of halogens is 1. The SMILES string of the molecule is CC(=O)N1CCC[C@@H](CCC(=O)Nc2cc(-c3cnn4c3CC(C)(C)C4)c(Cl)cn2)C1. The first-order valence-electron chi connectivity index (χ1n) is 11.0. The molecule has 1 atom stereocenters. The monoisotopic (exact) mass is 443 g/mol. The van der Waals surface area contributed by atoms with E-state index in [-0.39, 0.29) is 17.2 Å². The number of aromatic nitrogens is 3. The second-order valence-electron chi connectivity index (χ2n) is 9.61. The van der Waals surface area contributed by atoms with E-state index in [1.807, 2.05) is 21.8 Å². The van der Waals surface area contributed by atoms with Gasteiger partial charge in [0.25, 0.3) is 0 Å². The summed E-state index contributed by atoms with van der Waals surface area (Å²) in [4.78, 5) is 30.3. The van der Waals surface area contributed by atoms with Crippen LogP contribution in [0.3, 0.4) is 0 Å². The van der Waals surface area contributed by atoms with E-state index in [1.54, 1.807) is 13.1 Å². The number of anilines is 1. The van der Waals surface area contributed by atoms with Gasteiger partial charge in [0.05, 0.1) is 11.2 Å².